The molecule has 4 heteroatoms. The summed E-state index contributed by atoms with van der Waals surface area (Å²) in [6.45, 7) is 1.91. The quantitative estimate of drug-likeness (QED) is 0.843. The van der Waals surface area contributed by atoms with Crippen LogP contribution in [-0.2, 0) is 0 Å². The third-order valence-electron chi connectivity index (χ3n) is 2.89. The first-order chi connectivity index (χ1) is 9.15. The minimum atomic E-state index is 0.552. The number of anilines is 2. The molecular weight excluding hydrogens is 238 g/mol. The van der Waals surface area contributed by atoms with Crippen LogP contribution in [0.15, 0.2) is 36.4 Å². The lowest BCUT2D eigenvalue weighted by Crippen LogP contribution is -2.13. The molecule has 0 N–H and O–H groups in total. The van der Waals surface area contributed by atoms with Crippen LogP contribution in [0.25, 0.3) is 0 Å². The van der Waals surface area contributed by atoms with Crippen LogP contribution in [0, 0.1) is 18.3 Å². The van der Waals surface area contributed by atoms with Gasteiger partial charge in [0.1, 0.15) is 11.8 Å². The molecule has 0 saturated carbocycles. The summed E-state index contributed by atoms with van der Waals surface area (Å²) in [7, 11) is 3.52. The van der Waals surface area contributed by atoms with Crippen molar-refractivity contribution in [3.8, 4) is 11.8 Å². The summed E-state index contributed by atoms with van der Waals surface area (Å²) >= 11 is 0. The van der Waals surface area contributed by atoms with Gasteiger partial charge in [0.2, 0.25) is 0 Å². The van der Waals surface area contributed by atoms with Crippen molar-refractivity contribution in [3.63, 3.8) is 0 Å². The number of methoxy groups -OCH3 is 1. The third kappa shape index (κ3) is 2.66. The molecule has 0 atom stereocenters. The fraction of sp³-hybridized carbons (Fsp3) is 0.200. The number of rotatable bonds is 3. The van der Waals surface area contributed by atoms with Crippen molar-refractivity contribution in [1.82, 2.24) is 4.98 Å². The van der Waals surface area contributed by atoms with Gasteiger partial charge in [-0.1, -0.05) is 6.07 Å². The monoisotopic (exact) mass is 253 g/mol. The normalized spacial score (nSPS) is 9.79. The summed E-state index contributed by atoms with van der Waals surface area (Å²) in [6, 6.07) is 13.4. The van der Waals surface area contributed by atoms with Gasteiger partial charge in [0.05, 0.1) is 12.7 Å². The van der Waals surface area contributed by atoms with Gasteiger partial charge in [-0.15, -0.1) is 0 Å². The average Bonchev–Trinajstić information content (AvgIpc) is 2.46. The Balaban J connectivity index is 2.46. The van der Waals surface area contributed by atoms with Crippen molar-refractivity contribution in [2.75, 3.05) is 19.1 Å². The molecule has 0 aliphatic rings. The first-order valence-corrected chi connectivity index (χ1v) is 5.91. The summed E-state index contributed by atoms with van der Waals surface area (Å²) in [6.07, 6.45) is 0. The molecule has 4 nitrogen and oxygen atoms in total. The first kappa shape index (κ1) is 12.9. The fourth-order valence-corrected chi connectivity index (χ4v) is 1.83. The number of aryl methyl sites for hydroxylation is 1. The molecule has 0 spiro atoms. The van der Waals surface area contributed by atoms with E-state index in [4.69, 9.17) is 10.00 Å². The standard InChI is InChI=1S/C15H15N3O/c1-11-7-8-12(10-16)15(17-11)18(2)13-5-4-6-14(9-13)19-3/h4-9H,1-3H3. The summed E-state index contributed by atoms with van der Waals surface area (Å²) in [5, 5.41) is 9.16. The Bertz CT molecular complexity index is 632. The number of hydrogen-bond donors (Lipinski definition) is 0. The van der Waals surface area contributed by atoms with Crippen LogP contribution in [0.5, 0.6) is 5.75 Å². The van der Waals surface area contributed by atoms with Crippen LogP contribution < -0.4 is 9.64 Å². The number of hydrogen-bond acceptors (Lipinski definition) is 4. The number of aromatic nitrogens is 1. The fourth-order valence-electron chi connectivity index (χ4n) is 1.83. The molecule has 1 heterocycles. The predicted molar refractivity (Wildman–Crippen MR) is 74.7 cm³/mol. The highest BCUT2D eigenvalue weighted by Crippen LogP contribution is 2.27. The smallest absolute Gasteiger partial charge is 0.150 e. The van der Waals surface area contributed by atoms with Crippen LogP contribution in [0.1, 0.15) is 11.3 Å². The van der Waals surface area contributed by atoms with E-state index in [1.165, 1.54) is 0 Å². The Morgan fingerprint density at radius 2 is 2.05 bits per heavy atom. The molecule has 0 aliphatic carbocycles. The Hall–Kier alpha value is -2.54. The summed E-state index contributed by atoms with van der Waals surface area (Å²) < 4.78 is 5.21. The van der Waals surface area contributed by atoms with E-state index in [1.807, 2.05) is 49.2 Å². The van der Waals surface area contributed by atoms with Gasteiger partial charge in [-0.3, -0.25) is 0 Å². The van der Waals surface area contributed by atoms with Gasteiger partial charge in [0.15, 0.2) is 5.82 Å². The molecule has 0 fully saturated rings. The van der Waals surface area contributed by atoms with E-state index in [0.29, 0.717) is 11.4 Å². The van der Waals surface area contributed by atoms with E-state index in [2.05, 4.69) is 11.1 Å². The van der Waals surface area contributed by atoms with Crippen LogP contribution in [-0.4, -0.2) is 19.1 Å². The zero-order valence-corrected chi connectivity index (χ0v) is 11.2. The lowest BCUT2D eigenvalue weighted by atomic mass is 10.2. The SMILES string of the molecule is COc1cccc(N(C)c2nc(C)ccc2C#N)c1. The van der Waals surface area contributed by atoms with E-state index in [1.54, 1.807) is 13.2 Å². The zero-order chi connectivity index (χ0) is 13.8. The van der Waals surface area contributed by atoms with Crippen molar-refractivity contribution in [2.24, 2.45) is 0 Å². The maximum Gasteiger partial charge on any atom is 0.150 e. The maximum atomic E-state index is 9.16. The highest BCUT2D eigenvalue weighted by molar-refractivity contribution is 5.66. The van der Waals surface area contributed by atoms with E-state index < -0.39 is 0 Å². The molecule has 0 aliphatic heterocycles. The third-order valence-corrected chi connectivity index (χ3v) is 2.89. The number of benzene rings is 1. The minimum absolute atomic E-state index is 0.552. The van der Waals surface area contributed by atoms with Gasteiger partial charge in [-0.05, 0) is 31.2 Å². The van der Waals surface area contributed by atoms with Crippen LogP contribution in [0.4, 0.5) is 11.5 Å². The highest BCUT2D eigenvalue weighted by atomic mass is 16.5. The summed E-state index contributed by atoms with van der Waals surface area (Å²) in [4.78, 5) is 6.32. The van der Waals surface area contributed by atoms with Crippen molar-refractivity contribution < 1.29 is 4.74 Å². The Morgan fingerprint density at radius 1 is 1.26 bits per heavy atom. The van der Waals surface area contributed by atoms with Gasteiger partial charge in [0, 0.05) is 24.5 Å². The maximum absolute atomic E-state index is 9.16. The van der Waals surface area contributed by atoms with Crippen molar-refractivity contribution >= 4 is 11.5 Å². The first-order valence-electron chi connectivity index (χ1n) is 5.91. The molecule has 1 aromatic heterocycles. The van der Waals surface area contributed by atoms with Crippen molar-refractivity contribution in [3.05, 3.63) is 47.7 Å². The number of ether oxygens (including phenoxy) is 1. The average molecular weight is 253 g/mol. The van der Waals surface area contributed by atoms with Crippen LogP contribution in [0.3, 0.4) is 0 Å². The molecule has 0 saturated heterocycles. The second-order valence-corrected chi connectivity index (χ2v) is 4.20. The van der Waals surface area contributed by atoms with Crippen LogP contribution in [0.2, 0.25) is 0 Å². The van der Waals surface area contributed by atoms with Gasteiger partial charge in [-0.2, -0.15) is 5.26 Å². The lowest BCUT2D eigenvalue weighted by Gasteiger charge is -2.20. The Morgan fingerprint density at radius 3 is 2.74 bits per heavy atom. The topological polar surface area (TPSA) is 49.1 Å². The largest absolute Gasteiger partial charge is 0.497 e. The van der Waals surface area contributed by atoms with E-state index in [0.717, 1.165) is 17.1 Å². The van der Waals surface area contributed by atoms with E-state index in [-0.39, 0.29) is 0 Å². The molecule has 0 amide bonds. The van der Waals surface area contributed by atoms with Gasteiger partial charge in [-0.25, -0.2) is 4.98 Å². The summed E-state index contributed by atoms with van der Waals surface area (Å²) in [5.41, 5.74) is 2.36. The minimum Gasteiger partial charge on any atom is -0.497 e. The summed E-state index contributed by atoms with van der Waals surface area (Å²) in [5.74, 6) is 1.42. The van der Waals surface area contributed by atoms with Crippen molar-refractivity contribution in [2.45, 2.75) is 6.92 Å². The number of nitriles is 1. The second kappa shape index (κ2) is 5.40. The molecule has 0 unspecified atom stereocenters. The lowest BCUT2D eigenvalue weighted by molar-refractivity contribution is 0.415. The van der Waals surface area contributed by atoms with Crippen LogP contribution >= 0.6 is 0 Å². The highest BCUT2D eigenvalue weighted by Gasteiger charge is 2.11. The zero-order valence-electron chi connectivity index (χ0n) is 11.2. The van der Waals surface area contributed by atoms with Crippen molar-refractivity contribution in [1.29, 1.82) is 5.26 Å². The molecule has 2 rings (SSSR count). The molecular formula is C15H15N3O. The van der Waals surface area contributed by atoms with Gasteiger partial charge < -0.3 is 9.64 Å². The van der Waals surface area contributed by atoms with Gasteiger partial charge >= 0.3 is 0 Å². The number of pyridine rings is 1. The predicted octanol–water partition coefficient (Wildman–Crippen LogP) is 3.04. The molecule has 1 aromatic carbocycles. The molecule has 0 bridgehead atoms. The molecule has 96 valence electrons. The Labute approximate surface area is 112 Å². The van der Waals surface area contributed by atoms with Gasteiger partial charge in [0.25, 0.3) is 0 Å². The Kier molecular flexibility index (Phi) is 3.67. The number of nitrogens with zero attached hydrogens (tertiary/aromatic N) is 3. The van der Waals surface area contributed by atoms with E-state index >= 15 is 0 Å². The van der Waals surface area contributed by atoms with E-state index in [9.17, 15) is 0 Å². The molecule has 0 radical (unpaired) electrons. The second-order valence-electron chi connectivity index (χ2n) is 4.20. The molecule has 19 heavy (non-hydrogen) atoms. The molecule has 2 aromatic rings.